The van der Waals surface area contributed by atoms with E-state index in [0.29, 0.717) is 5.57 Å². The molecular formula is C12H18O2. The number of hydrogen-bond acceptors (Lipinski definition) is 1. The molecule has 0 aromatic heterocycles. The van der Waals surface area contributed by atoms with Crippen LogP contribution in [0, 0.1) is 11.3 Å². The molecule has 1 rings (SSSR count). The van der Waals surface area contributed by atoms with Gasteiger partial charge in [-0.25, -0.2) is 4.79 Å². The van der Waals surface area contributed by atoms with E-state index in [0.717, 1.165) is 19.3 Å². The van der Waals surface area contributed by atoms with Crippen molar-refractivity contribution in [2.45, 2.75) is 33.1 Å². The van der Waals surface area contributed by atoms with Gasteiger partial charge in [0, 0.05) is 5.57 Å². The second-order valence-corrected chi connectivity index (χ2v) is 4.57. The number of aliphatic carboxylic acids is 1. The second kappa shape index (κ2) is 3.99. The topological polar surface area (TPSA) is 37.3 Å². The Balaban J connectivity index is 2.97. The first kappa shape index (κ1) is 11.0. The van der Waals surface area contributed by atoms with Crippen LogP contribution in [0.3, 0.4) is 0 Å². The lowest BCUT2D eigenvalue weighted by Crippen LogP contribution is -2.31. The SMILES string of the molecule is C=CCC1C(C(=O)O)=CCCC1(C)C. The van der Waals surface area contributed by atoms with Gasteiger partial charge in [-0.3, -0.25) is 0 Å². The lowest BCUT2D eigenvalue weighted by atomic mass is 9.67. The Morgan fingerprint density at radius 2 is 2.43 bits per heavy atom. The van der Waals surface area contributed by atoms with Crippen molar-refractivity contribution < 1.29 is 9.90 Å². The molecule has 0 amide bonds. The van der Waals surface area contributed by atoms with Gasteiger partial charge in [-0.1, -0.05) is 26.0 Å². The first-order valence-corrected chi connectivity index (χ1v) is 5.03. The first-order chi connectivity index (χ1) is 6.49. The highest BCUT2D eigenvalue weighted by molar-refractivity contribution is 5.87. The molecule has 2 heteroatoms. The van der Waals surface area contributed by atoms with E-state index < -0.39 is 5.97 Å². The highest BCUT2D eigenvalue weighted by Gasteiger charge is 2.36. The van der Waals surface area contributed by atoms with Crippen LogP contribution in [0.2, 0.25) is 0 Å². The monoisotopic (exact) mass is 194 g/mol. The number of carboxylic acid groups (broad SMARTS) is 1. The average Bonchev–Trinajstić information content (AvgIpc) is 2.07. The van der Waals surface area contributed by atoms with Crippen molar-refractivity contribution in [3.05, 3.63) is 24.3 Å². The van der Waals surface area contributed by atoms with Gasteiger partial charge in [-0.15, -0.1) is 6.58 Å². The lowest BCUT2D eigenvalue weighted by Gasteiger charge is -2.37. The molecule has 0 aromatic rings. The van der Waals surface area contributed by atoms with E-state index in [9.17, 15) is 4.79 Å². The quantitative estimate of drug-likeness (QED) is 0.701. The summed E-state index contributed by atoms with van der Waals surface area (Å²) in [4.78, 5) is 11.0. The molecule has 1 unspecified atom stereocenters. The Kier molecular flexibility index (Phi) is 3.14. The summed E-state index contributed by atoms with van der Waals surface area (Å²) in [6, 6.07) is 0. The van der Waals surface area contributed by atoms with Crippen LogP contribution in [0.15, 0.2) is 24.3 Å². The van der Waals surface area contributed by atoms with Gasteiger partial charge in [0.25, 0.3) is 0 Å². The molecule has 0 aromatic carbocycles. The maximum absolute atomic E-state index is 11.0. The average molecular weight is 194 g/mol. The third kappa shape index (κ3) is 2.06. The minimum Gasteiger partial charge on any atom is -0.478 e. The van der Waals surface area contributed by atoms with Crippen LogP contribution < -0.4 is 0 Å². The van der Waals surface area contributed by atoms with Crippen molar-refractivity contribution in [3.63, 3.8) is 0 Å². The fraction of sp³-hybridized carbons (Fsp3) is 0.583. The van der Waals surface area contributed by atoms with Crippen LogP contribution in [-0.4, -0.2) is 11.1 Å². The van der Waals surface area contributed by atoms with Gasteiger partial charge in [-0.05, 0) is 30.6 Å². The van der Waals surface area contributed by atoms with Gasteiger partial charge in [0.1, 0.15) is 0 Å². The number of hydrogen-bond donors (Lipinski definition) is 1. The predicted molar refractivity (Wildman–Crippen MR) is 57.0 cm³/mol. The van der Waals surface area contributed by atoms with Crippen molar-refractivity contribution in [2.24, 2.45) is 11.3 Å². The normalized spacial score (nSPS) is 25.3. The molecule has 78 valence electrons. The molecule has 0 saturated carbocycles. The number of rotatable bonds is 3. The molecule has 0 bridgehead atoms. The van der Waals surface area contributed by atoms with Gasteiger partial charge in [0.05, 0.1) is 0 Å². The first-order valence-electron chi connectivity index (χ1n) is 5.03. The van der Waals surface area contributed by atoms with Crippen molar-refractivity contribution >= 4 is 5.97 Å². The summed E-state index contributed by atoms with van der Waals surface area (Å²) in [5, 5.41) is 9.06. The summed E-state index contributed by atoms with van der Waals surface area (Å²) in [6.07, 6.45) is 6.37. The van der Waals surface area contributed by atoms with E-state index >= 15 is 0 Å². The zero-order valence-electron chi connectivity index (χ0n) is 8.92. The Bertz CT molecular complexity index is 274. The molecule has 0 fully saturated rings. The molecule has 2 nitrogen and oxygen atoms in total. The van der Waals surface area contributed by atoms with Crippen LogP contribution in [0.1, 0.15) is 33.1 Å². The maximum atomic E-state index is 11.0. The standard InChI is InChI=1S/C12H18O2/c1-4-6-10-9(11(13)14)7-5-8-12(10,2)3/h4,7,10H,1,5-6,8H2,2-3H3,(H,13,14). The van der Waals surface area contributed by atoms with Crippen molar-refractivity contribution in [2.75, 3.05) is 0 Å². The van der Waals surface area contributed by atoms with Crippen LogP contribution in [0.25, 0.3) is 0 Å². The van der Waals surface area contributed by atoms with E-state index in [1.54, 1.807) is 0 Å². The molecule has 1 aliphatic carbocycles. The fourth-order valence-corrected chi connectivity index (χ4v) is 2.19. The molecule has 1 N–H and O–H groups in total. The molecule has 14 heavy (non-hydrogen) atoms. The van der Waals surface area contributed by atoms with E-state index in [4.69, 9.17) is 5.11 Å². The van der Waals surface area contributed by atoms with Crippen LogP contribution in [0.4, 0.5) is 0 Å². The van der Waals surface area contributed by atoms with Crippen LogP contribution >= 0.6 is 0 Å². The third-order valence-corrected chi connectivity index (χ3v) is 3.12. The summed E-state index contributed by atoms with van der Waals surface area (Å²) in [5.74, 6) is -0.657. The van der Waals surface area contributed by atoms with Crippen LogP contribution in [-0.2, 0) is 4.79 Å². The van der Waals surface area contributed by atoms with Gasteiger partial charge < -0.3 is 5.11 Å². The minimum absolute atomic E-state index is 0.0800. The Hall–Kier alpha value is -1.05. The van der Waals surface area contributed by atoms with Crippen molar-refractivity contribution in [1.82, 2.24) is 0 Å². The fourth-order valence-electron chi connectivity index (χ4n) is 2.19. The van der Waals surface area contributed by atoms with E-state index in [2.05, 4.69) is 20.4 Å². The van der Waals surface area contributed by atoms with Crippen LogP contribution in [0.5, 0.6) is 0 Å². The molecule has 1 aliphatic rings. The Morgan fingerprint density at radius 1 is 1.79 bits per heavy atom. The molecule has 1 atom stereocenters. The molecular weight excluding hydrogens is 176 g/mol. The van der Waals surface area contributed by atoms with Gasteiger partial charge >= 0.3 is 5.97 Å². The highest BCUT2D eigenvalue weighted by Crippen LogP contribution is 2.42. The summed E-state index contributed by atoms with van der Waals surface area (Å²) in [5.41, 5.74) is 0.651. The third-order valence-electron chi connectivity index (χ3n) is 3.12. The Morgan fingerprint density at radius 3 is 2.93 bits per heavy atom. The van der Waals surface area contributed by atoms with Crippen molar-refractivity contribution in [1.29, 1.82) is 0 Å². The largest absolute Gasteiger partial charge is 0.478 e. The molecule has 0 aliphatic heterocycles. The number of allylic oxidation sites excluding steroid dienone is 2. The van der Waals surface area contributed by atoms with Crippen molar-refractivity contribution in [3.8, 4) is 0 Å². The zero-order chi connectivity index (χ0) is 10.8. The van der Waals surface area contributed by atoms with Gasteiger partial charge in [0.15, 0.2) is 0 Å². The summed E-state index contributed by atoms with van der Waals surface area (Å²) < 4.78 is 0. The second-order valence-electron chi connectivity index (χ2n) is 4.57. The minimum atomic E-state index is -0.773. The zero-order valence-corrected chi connectivity index (χ0v) is 8.92. The Labute approximate surface area is 85.3 Å². The van der Waals surface area contributed by atoms with Gasteiger partial charge in [-0.2, -0.15) is 0 Å². The lowest BCUT2D eigenvalue weighted by molar-refractivity contribution is -0.134. The number of carboxylic acids is 1. The summed E-state index contributed by atoms with van der Waals surface area (Å²) in [7, 11) is 0. The summed E-state index contributed by atoms with van der Waals surface area (Å²) >= 11 is 0. The summed E-state index contributed by atoms with van der Waals surface area (Å²) in [6.45, 7) is 7.97. The molecule has 0 heterocycles. The number of carbonyl (C=O) groups is 1. The van der Waals surface area contributed by atoms with E-state index in [-0.39, 0.29) is 11.3 Å². The molecule has 0 saturated heterocycles. The highest BCUT2D eigenvalue weighted by atomic mass is 16.4. The van der Waals surface area contributed by atoms with Gasteiger partial charge in [0.2, 0.25) is 0 Å². The smallest absolute Gasteiger partial charge is 0.331 e. The predicted octanol–water partition coefficient (Wildman–Crippen LogP) is 3.01. The molecule has 0 radical (unpaired) electrons. The van der Waals surface area contributed by atoms with E-state index in [1.165, 1.54) is 0 Å². The molecule has 0 spiro atoms. The van der Waals surface area contributed by atoms with E-state index in [1.807, 2.05) is 12.2 Å². The maximum Gasteiger partial charge on any atom is 0.331 e.